The van der Waals surface area contributed by atoms with Crippen molar-refractivity contribution in [2.45, 2.75) is 12.5 Å². The van der Waals surface area contributed by atoms with Crippen LogP contribution in [0.2, 0.25) is 5.15 Å². The second kappa shape index (κ2) is 4.95. The van der Waals surface area contributed by atoms with Crippen LogP contribution in [0.5, 0.6) is 0 Å². The molecule has 0 radical (unpaired) electrons. The summed E-state index contributed by atoms with van der Waals surface area (Å²) in [5.41, 5.74) is -0.235. The second-order valence-electron chi connectivity index (χ2n) is 4.12. The Kier molecular flexibility index (Phi) is 3.56. The van der Waals surface area contributed by atoms with Gasteiger partial charge in [-0.25, -0.2) is 9.97 Å². The number of carbonyl (C=O) groups excluding carboxylic acids is 1. The van der Waals surface area contributed by atoms with E-state index in [4.69, 9.17) is 16.3 Å². The number of anilines is 1. The highest BCUT2D eigenvalue weighted by Gasteiger charge is 2.32. The Labute approximate surface area is 104 Å². The first-order chi connectivity index (χ1) is 8.07. The van der Waals surface area contributed by atoms with E-state index in [1.165, 1.54) is 12.4 Å². The molecule has 0 unspecified atom stereocenters. The Morgan fingerprint density at radius 2 is 2.41 bits per heavy atom. The Bertz CT molecular complexity index is 423. The van der Waals surface area contributed by atoms with Crippen LogP contribution < -0.4 is 10.6 Å². The third-order valence-electron chi connectivity index (χ3n) is 2.45. The number of ether oxygens (including phenoxy) is 1. The highest BCUT2D eigenvalue weighted by molar-refractivity contribution is 6.29. The van der Waals surface area contributed by atoms with Crippen molar-refractivity contribution in [2.24, 2.45) is 0 Å². The van der Waals surface area contributed by atoms with Gasteiger partial charge < -0.3 is 15.4 Å². The van der Waals surface area contributed by atoms with E-state index in [1.54, 1.807) is 0 Å². The molecular weight excluding hydrogens is 244 g/mol. The molecule has 0 aliphatic carbocycles. The van der Waals surface area contributed by atoms with Crippen LogP contribution in [0.25, 0.3) is 0 Å². The Hall–Kier alpha value is -1.24. The van der Waals surface area contributed by atoms with Gasteiger partial charge >= 0.3 is 0 Å². The summed E-state index contributed by atoms with van der Waals surface area (Å²) in [4.78, 5) is 19.1. The molecule has 1 aliphatic heterocycles. The molecular formula is C10H13ClN4O2. The van der Waals surface area contributed by atoms with E-state index in [0.717, 1.165) is 13.1 Å². The maximum Gasteiger partial charge on any atom is 0.251 e. The van der Waals surface area contributed by atoms with E-state index in [1.807, 2.05) is 6.92 Å². The van der Waals surface area contributed by atoms with Gasteiger partial charge in [-0.15, -0.1) is 0 Å². The van der Waals surface area contributed by atoms with Crippen molar-refractivity contribution in [3.05, 3.63) is 17.5 Å². The van der Waals surface area contributed by atoms with Crippen molar-refractivity contribution in [2.75, 3.05) is 25.0 Å². The molecule has 1 aromatic rings. The summed E-state index contributed by atoms with van der Waals surface area (Å²) >= 11 is 5.67. The molecule has 2 heterocycles. The summed E-state index contributed by atoms with van der Waals surface area (Å²) in [6.07, 6.45) is 1.29. The molecule has 0 atom stereocenters. The lowest BCUT2D eigenvalue weighted by molar-refractivity contribution is -0.130. The number of rotatable bonds is 4. The molecule has 0 spiro atoms. The molecule has 7 heteroatoms. The maximum absolute atomic E-state index is 11.6. The number of nitrogens with zero attached hydrogens (tertiary/aromatic N) is 2. The highest BCUT2D eigenvalue weighted by Crippen LogP contribution is 2.15. The number of nitrogens with one attached hydrogen (secondary N) is 2. The van der Waals surface area contributed by atoms with E-state index in [9.17, 15) is 4.79 Å². The minimum absolute atomic E-state index is 0.000197. The normalized spacial score (nSPS) is 17.3. The molecule has 1 amide bonds. The molecule has 2 N–H and O–H groups in total. The standard InChI is InChI=1S/C10H13ClN4O2/c1-10(4-12-5-10)17-3-9(16)15-8-2-7(11)13-6-14-8/h2,6,12H,3-5H2,1H3,(H,13,14,15,16). The van der Waals surface area contributed by atoms with Gasteiger partial charge in [0.05, 0.1) is 5.60 Å². The zero-order valence-corrected chi connectivity index (χ0v) is 10.1. The lowest BCUT2D eigenvalue weighted by Crippen LogP contribution is -2.59. The smallest absolute Gasteiger partial charge is 0.251 e. The molecule has 0 bridgehead atoms. The van der Waals surface area contributed by atoms with Gasteiger partial charge in [0.1, 0.15) is 23.9 Å². The van der Waals surface area contributed by atoms with Gasteiger partial charge in [-0.2, -0.15) is 0 Å². The van der Waals surface area contributed by atoms with E-state index in [2.05, 4.69) is 20.6 Å². The minimum Gasteiger partial charge on any atom is -0.363 e. The number of amides is 1. The lowest BCUT2D eigenvalue weighted by atomic mass is 10.0. The van der Waals surface area contributed by atoms with Gasteiger partial charge in [0.15, 0.2) is 0 Å². The largest absolute Gasteiger partial charge is 0.363 e. The van der Waals surface area contributed by atoms with Gasteiger partial charge in [-0.1, -0.05) is 11.6 Å². The third kappa shape index (κ3) is 3.36. The molecule has 1 aromatic heterocycles. The van der Waals surface area contributed by atoms with Crippen molar-refractivity contribution in [3.63, 3.8) is 0 Å². The molecule has 1 aliphatic rings. The molecule has 1 saturated heterocycles. The van der Waals surface area contributed by atoms with Crippen molar-refractivity contribution in [1.82, 2.24) is 15.3 Å². The zero-order valence-electron chi connectivity index (χ0n) is 9.36. The summed E-state index contributed by atoms with van der Waals surface area (Å²) in [6, 6.07) is 1.48. The Balaban J connectivity index is 1.81. The third-order valence-corrected chi connectivity index (χ3v) is 2.66. The van der Waals surface area contributed by atoms with Gasteiger partial charge in [-0.05, 0) is 6.92 Å². The van der Waals surface area contributed by atoms with Crippen molar-refractivity contribution >= 4 is 23.3 Å². The van der Waals surface area contributed by atoms with Crippen LogP contribution in [0, 0.1) is 0 Å². The highest BCUT2D eigenvalue weighted by atomic mass is 35.5. The summed E-state index contributed by atoms with van der Waals surface area (Å²) in [6.45, 7) is 3.48. The van der Waals surface area contributed by atoms with Crippen LogP contribution in [-0.4, -0.2) is 41.2 Å². The van der Waals surface area contributed by atoms with E-state index in [0.29, 0.717) is 5.82 Å². The van der Waals surface area contributed by atoms with Crippen molar-refractivity contribution in [1.29, 1.82) is 0 Å². The zero-order chi connectivity index (χ0) is 12.3. The maximum atomic E-state index is 11.6. The van der Waals surface area contributed by atoms with Crippen LogP contribution in [0.3, 0.4) is 0 Å². The summed E-state index contributed by atoms with van der Waals surface area (Å²) in [7, 11) is 0. The molecule has 2 rings (SSSR count). The Morgan fingerprint density at radius 1 is 1.65 bits per heavy atom. The number of hydrogen-bond donors (Lipinski definition) is 2. The van der Waals surface area contributed by atoms with E-state index in [-0.39, 0.29) is 23.3 Å². The number of aromatic nitrogens is 2. The van der Waals surface area contributed by atoms with Gasteiger partial charge in [0, 0.05) is 19.2 Å². The first kappa shape index (κ1) is 12.2. The van der Waals surface area contributed by atoms with Crippen molar-refractivity contribution in [3.8, 4) is 0 Å². The van der Waals surface area contributed by atoms with Crippen LogP contribution >= 0.6 is 11.6 Å². The van der Waals surface area contributed by atoms with Gasteiger partial charge in [-0.3, -0.25) is 4.79 Å². The first-order valence-corrected chi connectivity index (χ1v) is 5.57. The molecule has 0 aromatic carbocycles. The van der Waals surface area contributed by atoms with Crippen LogP contribution in [0.15, 0.2) is 12.4 Å². The molecule has 17 heavy (non-hydrogen) atoms. The second-order valence-corrected chi connectivity index (χ2v) is 4.50. The number of halogens is 1. The van der Waals surface area contributed by atoms with Gasteiger partial charge in [0.25, 0.3) is 5.91 Å². The summed E-state index contributed by atoms with van der Waals surface area (Å²) in [5, 5.41) is 5.96. The molecule has 0 saturated carbocycles. The fraction of sp³-hybridized carbons (Fsp3) is 0.500. The van der Waals surface area contributed by atoms with Crippen LogP contribution in [0.1, 0.15) is 6.92 Å². The predicted molar refractivity (Wildman–Crippen MR) is 62.9 cm³/mol. The lowest BCUT2D eigenvalue weighted by Gasteiger charge is -2.38. The summed E-state index contributed by atoms with van der Waals surface area (Å²) < 4.78 is 5.48. The monoisotopic (exact) mass is 256 g/mol. The average Bonchev–Trinajstić information content (AvgIpc) is 2.24. The fourth-order valence-corrected chi connectivity index (χ4v) is 1.55. The van der Waals surface area contributed by atoms with E-state index < -0.39 is 0 Å². The number of hydrogen-bond acceptors (Lipinski definition) is 5. The minimum atomic E-state index is -0.257. The van der Waals surface area contributed by atoms with Crippen LogP contribution in [0.4, 0.5) is 5.82 Å². The quantitative estimate of drug-likeness (QED) is 0.765. The molecule has 92 valence electrons. The SMILES string of the molecule is CC1(OCC(=O)Nc2cc(Cl)ncn2)CNC1. The Morgan fingerprint density at radius 3 is 3.00 bits per heavy atom. The molecule has 1 fully saturated rings. The predicted octanol–water partition coefficient (Wildman–Crippen LogP) is 0.447. The average molecular weight is 257 g/mol. The van der Waals surface area contributed by atoms with Crippen LogP contribution in [-0.2, 0) is 9.53 Å². The molecule has 6 nitrogen and oxygen atoms in total. The fourth-order valence-electron chi connectivity index (χ4n) is 1.40. The first-order valence-electron chi connectivity index (χ1n) is 5.19. The van der Waals surface area contributed by atoms with E-state index >= 15 is 0 Å². The topological polar surface area (TPSA) is 76.1 Å². The van der Waals surface area contributed by atoms with Crippen molar-refractivity contribution < 1.29 is 9.53 Å². The number of carbonyl (C=O) groups is 1. The van der Waals surface area contributed by atoms with Gasteiger partial charge in [0.2, 0.25) is 0 Å². The summed E-state index contributed by atoms with van der Waals surface area (Å²) in [5.74, 6) is 0.114.